The normalized spacial score (nSPS) is 11.7. The Hall–Kier alpha value is -2.13. The number of aromatic nitrogens is 3. The van der Waals surface area contributed by atoms with Gasteiger partial charge in [0.15, 0.2) is 0 Å². The summed E-state index contributed by atoms with van der Waals surface area (Å²) in [6, 6.07) is 12.1. The van der Waals surface area contributed by atoms with Gasteiger partial charge < -0.3 is 4.57 Å². The summed E-state index contributed by atoms with van der Waals surface area (Å²) in [7, 11) is 0. The molecule has 3 nitrogen and oxygen atoms in total. The monoisotopic (exact) mass is 381 g/mol. The van der Waals surface area contributed by atoms with Gasteiger partial charge in [-0.1, -0.05) is 51.4 Å². The van der Waals surface area contributed by atoms with Crippen LogP contribution in [-0.4, -0.2) is 14.5 Å². The number of nitrogens with zero attached hydrogens (tertiary/aromatic N) is 3. The van der Waals surface area contributed by atoms with Crippen molar-refractivity contribution in [3.63, 3.8) is 0 Å². The van der Waals surface area contributed by atoms with Gasteiger partial charge in [-0.25, -0.2) is 4.98 Å². The van der Waals surface area contributed by atoms with E-state index in [0.717, 1.165) is 34.1 Å². The molecule has 0 atom stereocenters. The maximum atomic E-state index is 6.14. The molecule has 0 saturated carbocycles. The first-order valence-electron chi connectivity index (χ1n) is 9.70. The fourth-order valence-corrected chi connectivity index (χ4v) is 4.15. The van der Waals surface area contributed by atoms with Gasteiger partial charge in [-0.2, -0.15) is 0 Å². The minimum atomic E-state index is 0.395. The van der Waals surface area contributed by atoms with Crippen molar-refractivity contribution < 1.29 is 0 Å². The van der Waals surface area contributed by atoms with E-state index in [0.29, 0.717) is 17.8 Å². The molecule has 0 N–H and O–H groups in total. The predicted molar refractivity (Wildman–Crippen MR) is 114 cm³/mol. The molecule has 0 bridgehead atoms. The van der Waals surface area contributed by atoms with Crippen LogP contribution in [0.5, 0.6) is 0 Å². The molecule has 0 unspecified atom stereocenters. The molecule has 3 aromatic rings. The smallest absolute Gasteiger partial charge is 0.113 e. The summed E-state index contributed by atoms with van der Waals surface area (Å²) in [5.41, 5.74) is 4.40. The van der Waals surface area contributed by atoms with Crippen molar-refractivity contribution in [3.05, 3.63) is 59.6 Å². The van der Waals surface area contributed by atoms with Crippen LogP contribution in [0.2, 0.25) is 5.02 Å². The summed E-state index contributed by atoms with van der Waals surface area (Å²) >= 11 is 6.14. The van der Waals surface area contributed by atoms with Gasteiger partial charge in [0.05, 0.1) is 11.4 Å². The van der Waals surface area contributed by atoms with Crippen molar-refractivity contribution >= 4 is 11.6 Å². The molecule has 0 aliphatic heterocycles. The number of halogens is 1. The van der Waals surface area contributed by atoms with Crippen LogP contribution in [0.1, 0.15) is 46.4 Å². The number of hydrogen-bond acceptors (Lipinski definition) is 2. The van der Waals surface area contributed by atoms with Crippen LogP contribution in [0.3, 0.4) is 0 Å². The Morgan fingerprint density at radius 3 is 2.00 bits per heavy atom. The van der Waals surface area contributed by atoms with Gasteiger partial charge in [0.2, 0.25) is 0 Å². The second kappa shape index (κ2) is 8.26. The molecule has 2 aromatic heterocycles. The lowest BCUT2D eigenvalue weighted by Gasteiger charge is -2.25. The Kier molecular flexibility index (Phi) is 6.01. The van der Waals surface area contributed by atoms with Gasteiger partial charge in [-0.05, 0) is 43.0 Å². The van der Waals surface area contributed by atoms with E-state index in [2.05, 4.69) is 56.3 Å². The van der Waals surface area contributed by atoms with Crippen molar-refractivity contribution in [2.24, 2.45) is 11.8 Å². The minimum absolute atomic E-state index is 0.395. The highest BCUT2D eigenvalue weighted by atomic mass is 35.5. The average Bonchev–Trinajstić information content (AvgIpc) is 3.01. The van der Waals surface area contributed by atoms with E-state index in [9.17, 15) is 0 Å². The van der Waals surface area contributed by atoms with Crippen LogP contribution in [0.25, 0.3) is 22.5 Å². The van der Waals surface area contributed by atoms with E-state index < -0.39 is 0 Å². The van der Waals surface area contributed by atoms with E-state index >= 15 is 0 Å². The highest BCUT2D eigenvalue weighted by Gasteiger charge is 2.28. The van der Waals surface area contributed by atoms with Gasteiger partial charge in [0, 0.05) is 41.0 Å². The Bertz CT molecular complexity index is 872. The Balaban J connectivity index is 2.30. The molecule has 4 heteroatoms. The van der Waals surface area contributed by atoms with Crippen molar-refractivity contribution in [1.82, 2.24) is 14.5 Å². The van der Waals surface area contributed by atoms with Crippen LogP contribution in [0.15, 0.2) is 48.8 Å². The lowest BCUT2D eigenvalue weighted by molar-refractivity contribution is 0.361. The average molecular weight is 382 g/mol. The summed E-state index contributed by atoms with van der Waals surface area (Å²) in [6.07, 6.45) is 3.65. The molecule has 0 aliphatic carbocycles. The molecule has 142 valence electrons. The molecule has 1 aromatic carbocycles. The third kappa shape index (κ3) is 3.93. The molecule has 0 fully saturated rings. The van der Waals surface area contributed by atoms with Crippen molar-refractivity contribution in [2.45, 2.75) is 47.1 Å². The van der Waals surface area contributed by atoms with E-state index in [-0.39, 0.29) is 0 Å². The molecular formula is C23H28ClN3. The van der Waals surface area contributed by atoms with E-state index in [1.165, 1.54) is 5.82 Å². The second-order valence-corrected chi connectivity index (χ2v) is 8.10. The standard InChI is InChI=1S/C23H28ClN3/c1-6-27-22(18-7-9-19(24)10-8-18)21(17-11-13-25-14-12-17)26-23(27)20(15(2)3)16(4)5/h7-16,20H,6H2,1-5H3. The maximum Gasteiger partial charge on any atom is 0.113 e. The quantitative estimate of drug-likeness (QED) is 0.476. The van der Waals surface area contributed by atoms with Crippen LogP contribution in [-0.2, 0) is 6.54 Å². The van der Waals surface area contributed by atoms with E-state index in [4.69, 9.17) is 16.6 Å². The number of imidazole rings is 1. The van der Waals surface area contributed by atoms with Gasteiger partial charge in [0.25, 0.3) is 0 Å². The Morgan fingerprint density at radius 1 is 0.889 bits per heavy atom. The predicted octanol–water partition coefficient (Wildman–Crippen LogP) is 6.68. The number of benzene rings is 1. The molecule has 27 heavy (non-hydrogen) atoms. The summed E-state index contributed by atoms with van der Waals surface area (Å²) in [4.78, 5) is 9.37. The second-order valence-electron chi connectivity index (χ2n) is 7.67. The maximum absolute atomic E-state index is 6.14. The van der Waals surface area contributed by atoms with Crippen LogP contribution >= 0.6 is 11.6 Å². The molecule has 3 rings (SSSR count). The zero-order valence-corrected chi connectivity index (χ0v) is 17.5. The summed E-state index contributed by atoms with van der Waals surface area (Å²) in [5, 5.41) is 0.745. The first kappa shape index (κ1) is 19.6. The molecule has 0 amide bonds. The van der Waals surface area contributed by atoms with E-state index in [1.54, 1.807) is 0 Å². The number of rotatable bonds is 6. The zero-order valence-electron chi connectivity index (χ0n) is 16.8. The van der Waals surface area contributed by atoms with E-state index in [1.807, 2.05) is 36.7 Å². The van der Waals surface area contributed by atoms with Gasteiger partial charge in [-0.3, -0.25) is 4.98 Å². The lowest BCUT2D eigenvalue weighted by Crippen LogP contribution is -2.19. The summed E-state index contributed by atoms with van der Waals surface area (Å²) < 4.78 is 2.38. The molecule has 0 spiro atoms. The minimum Gasteiger partial charge on any atom is -0.328 e. The highest BCUT2D eigenvalue weighted by molar-refractivity contribution is 6.30. The summed E-state index contributed by atoms with van der Waals surface area (Å²) in [6.45, 7) is 12.2. The largest absolute Gasteiger partial charge is 0.328 e. The van der Waals surface area contributed by atoms with Crippen LogP contribution in [0, 0.1) is 11.8 Å². The SMILES string of the molecule is CCn1c(C(C(C)C)C(C)C)nc(-c2ccncc2)c1-c1ccc(Cl)cc1. The highest BCUT2D eigenvalue weighted by Crippen LogP contribution is 2.39. The number of pyridine rings is 1. The van der Waals surface area contributed by atoms with Gasteiger partial charge >= 0.3 is 0 Å². The van der Waals surface area contributed by atoms with Crippen LogP contribution < -0.4 is 0 Å². The fraction of sp³-hybridized carbons (Fsp3) is 0.391. The number of hydrogen-bond donors (Lipinski definition) is 0. The molecule has 0 saturated heterocycles. The topological polar surface area (TPSA) is 30.7 Å². The first-order valence-corrected chi connectivity index (χ1v) is 10.1. The molecular weight excluding hydrogens is 354 g/mol. The molecule has 0 radical (unpaired) electrons. The third-order valence-electron chi connectivity index (χ3n) is 5.12. The Labute approximate surface area is 167 Å². The molecule has 2 heterocycles. The lowest BCUT2D eigenvalue weighted by atomic mass is 9.85. The summed E-state index contributed by atoms with van der Waals surface area (Å²) in [5.74, 6) is 2.59. The zero-order chi connectivity index (χ0) is 19.6. The molecule has 0 aliphatic rings. The first-order chi connectivity index (χ1) is 12.9. The van der Waals surface area contributed by atoms with Crippen molar-refractivity contribution in [3.8, 4) is 22.5 Å². The van der Waals surface area contributed by atoms with Crippen LogP contribution in [0.4, 0.5) is 0 Å². The Morgan fingerprint density at radius 2 is 1.48 bits per heavy atom. The van der Waals surface area contributed by atoms with Crippen molar-refractivity contribution in [1.29, 1.82) is 0 Å². The third-order valence-corrected chi connectivity index (χ3v) is 5.37. The van der Waals surface area contributed by atoms with Crippen molar-refractivity contribution in [2.75, 3.05) is 0 Å². The fourth-order valence-electron chi connectivity index (χ4n) is 4.02. The van der Waals surface area contributed by atoms with Gasteiger partial charge in [0.1, 0.15) is 5.82 Å². The van der Waals surface area contributed by atoms with Gasteiger partial charge in [-0.15, -0.1) is 0 Å².